The fourth-order valence-electron chi connectivity index (χ4n) is 3.30. The van der Waals surface area contributed by atoms with E-state index in [1.165, 1.54) is 17.7 Å². The summed E-state index contributed by atoms with van der Waals surface area (Å²) in [6.45, 7) is 3.61. The topological polar surface area (TPSA) is 57.6 Å². The van der Waals surface area contributed by atoms with Crippen LogP contribution in [-0.4, -0.2) is 35.0 Å². The number of hydrogen-bond acceptors (Lipinski definition) is 2. The van der Waals surface area contributed by atoms with Crippen molar-refractivity contribution in [3.63, 3.8) is 0 Å². The standard InChI is InChI=1S/C20H21NO3/c1-20(17-8-3-2-4-9-17)10-12-21(13-11-20)18(22)15-6-5-7-16(14-15)19(23)24/h2-9,14H,10-13H2,1H3,(H,23,24). The second-order valence-corrected chi connectivity index (χ2v) is 6.60. The van der Waals surface area contributed by atoms with Crippen LogP contribution in [0.1, 0.15) is 46.0 Å². The molecule has 3 rings (SSSR count). The van der Waals surface area contributed by atoms with Crippen LogP contribution >= 0.6 is 0 Å². The van der Waals surface area contributed by atoms with E-state index in [1.54, 1.807) is 12.1 Å². The van der Waals surface area contributed by atoms with Crippen LogP contribution in [0.3, 0.4) is 0 Å². The monoisotopic (exact) mass is 323 g/mol. The van der Waals surface area contributed by atoms with Crippen LogP contribution in [0.2, 0.25) is 0 Å². The molecule has 1 aliphatic heterocycles. The van der Waals surface area contributed by atoms with Gasteiger partial charge in [0.2, 0.25) is 0 Å². The van der Waals surface area contributed by atoms with E-state index in [1.807, 2.05) is 11.0 Å². The fourth-order valence-corrected chi connectivity index (χ4v) is 3.30. The summed E-state index contributed by atoms with van der Waals surface area (Å²) >= 11 is 0. The van der Waals surface area contributed by atoms with Gasteiger partial charge in [0.05, 0.1) is 5.56 Å². The molecule has 0 radical (unpaired) electrons. The lowest BCUT2D eigenvalue weighted by atomic mass is 9.74. The highest BCUT2D eigenvalue weighted by atomic mass is 16.4. The Labute approximate surface area is 141 Å². The van der Waals surface area contributed by atoms with Gasteiger partial charge in [-0.3, -0.25) is 4.79 Å². The lowest BCUT2D eigenvalue weighted by Gasteiger charge is -2.40. The van der Waals surface area contributed by atoms with Gasteiger partial charge in [-0.1, -0.05) is 43.3 Å². The third-order valence-electron chi connectivity index (χ3n) is 4.98. The van der Waals surface area contributed by atoms with Crippen molar-refractivity contribution in [1.82, 2.24) is 4.90 Å². The van der Waals surface area contributed by atoms with E-state index in [9.17, 15) is 9.59 Å². The van der Waals surface area contributed by atoms with Gasteiger partial charge in [0.1, 0.15) is 0 Å². The number of amides is 1. The third-order valence-corrected chi connectivity index (χ3v) is 4.98. The first-order chi connectivity index (χ1) is 11.5. The van der Waals surface area contributed by atoms with Gasteiger partial charge in [-0.15, -0.1) is 0 Å². The summed E-state index contributed by atoms with van der Waals surface area (Å²) in [5.74, 6) is -1.10. The molecular formula is C20H21NO3. The van der Waals surface area contributed by atoms with Crippen molar-refractivity contribution in [2.24, 2.45) is 0 Å². The highest BCUT2D eigenvalue weighted by Crippen LogP contribution is 2.35. The maximum atomic E-state index is 12.7. The van der Waals surface area contributed by atoms with E-state index < -0.39 is 5.97 Å². The predicted molar refractivity (Wildman–Crippen MR) is 92.3 cm³/mol. The summed E-state index contributed by atoms with van der Waals surface area (Å²) in [5.41, 5.74) is 1.98. The molecule has 1 aliphatic rings. The Bertz CT molecular complexity index is 746. The molecule has 24 heavy (non-hydrogen) atoms. The second-order valence-electron chi connectivity index (χ2n) is 6.60. The van der Waals surface area contributed by atoms with E-state index in [2.05, 4.69) is 31.2 Å². The number of hydrogen-bond donors (Lipinski definition) is 1. The minimum Gasteiger partial charge on any atom is -0.478 e. The average Bonchev–Trinajstić information content (AvgIpc) is 2.62. The molecule has 1 fully saturated rings. The Kier molecular flexibility index (Phi) is 4.38. The molecule has 0 bridgehead atoms. The van der Waals surface area contributed by atoms with Crippen molar-refractivity contribution in [2.75, 3.05) is 13.1 Å². The Hall–Kier alpha value is -2.62. The zero-order valence-electron chi connectivity index (χ0n) is 13.7. The van der Waals surface area contributed by atoms with E-state index in [0.29, 0.717) is 18.7 Å². The van der Waals surface area contributed by atoms with Gasteiger partial charge in [-0.2, -0.15) is 0 Å². The zero-order chi connectivity index (χ0) is 17.2. The molecule has 1 amide bonds. The molecule has 2 aromatic carbocycles. The van der Waals surface area contributed by atoms with Crippen LogP contribution in [-0.2, 0) is 5.41 Å². The zero-order valence-corrected chi connectivity index (χ0v) is 13.7. The summed E-state index contributed by atoms with van der Waals surface area (Å²) in [6, 6.07) is 16.7. The number of carbonyl (C=O) groups excluding carboxylic acids is 1. The van der Waals surface area contributed by atoms with E-state index in [4.69, 9.17) is 5.11 Å². The van der Waals surface area contributed by atoms with Crippen LogP contribution in [0.25, 0.3) is 0 Å². The molecule has 0 aromatic heterocycles. The summed E-state index contributed by atoms with van der Waals surface area (Å²) in [7, 11) is 0. The van der Waals surface area contributed by atoms with Crippen molar-refractivity contribution >= 4 is 11.9 Å². The molecule has 0 saturated carbocycles. The predicted octanol–water partition coefficient (Wildman–Crippen LogP) is 3.58. The molecule has 0 atom stereocenters. The highest BCUT2D eigenvalue weighted by Gasteiger charge is 2.33. The molecule has 1 heterocycles. The molecule has 4 heteroatoms. The summed E-state index contributed by atoms with van der Waals surface area (Å²) < 4.78 is 0. The van der Waals surface area contributed by atoms with Crippen LogP contribution < -0.4 is 0 Å². The molecular weight excluding hydrogens is 302 g/mol. The van der Waals surface area contributed by atoms with Crippen LogP contribution in [0.5, 0.6) is 0 Å². The normalized spacial score (nSPS) is 16.6. The van der Waals surface area contributed by atoms with Crippen molar-refractivity contribution < 1.29 is 14.7 Å². The summed E-state index contributed by atoms with van der Waals surface area (Å²) in [6.07, 6.45) is 1.81. The summed E-state index contributed by atoms with van der Waals surface area (Å²) in [4.78, 5) is 25.5. The van der Waals surface area contributed by atoms with Crippen LogP contribution in [0.15, 0.2) is 54.6 Å². The number of carboxylic acids is 1. The first kappa shape index (κ1) is 16.2. The first-order valence-electron chi connectivity index (χ1n) is 8.18. The van der Waals surface area contributed by atoms with Gasteiger partial charge in [0.15, 0.2) is 0 Å². The largest absolute Gasteiger partial charge is 0.478 e. The van der Waals surface area contributed by atoms with Crippen molar-refractivity contribution in [1.29, 1.82) is 0 Å². The van der Waals surface area contributed by atoms with E-state index in [0.717, 1.165) is 12.8 Å². The van der Waals surface area contributed by atoms with Gasteiger partial charge >= 0.3 is 5.97 Å². The molecule has 2 aromatic rings. The third kappa shape index (κ3) is 3.18. The minimum atomic E-state index is -1.01. The Balaban J connectivity index is 1.72. The van der Waals surface area contributed by atoms with E-state index >= 15 is 0 Å². The highest BCUT2D eigenvalue weighted by molar-refractivity contribution is 5.97. The molecule has 0 spiro atoms. The number of likely N-dealkylation sites (tertiary alicyclic amines) is 1. The Morgan fingerprint density at radius 2 is 1.58 bits per heavy atom. The molecule has 4 nitrogen and oxygen atoms in total. The number of carboxylic acid groups (broad SMARTS) is 1. The van der Waals surface area contributed by atoms with Gasteiger partial charge in [-0.25, -0.2) is 4.79 Å². The van der Waals surface area contributed by atoms with Crippen molar-refractivity contribution in [3.8, 4) is 0 Å². The average molecular weight is 323 g/mol. The van der Waals surface area contributed by atoms with Gasteiger partial charge in [0, 0.05) is 18.7 Å². The quantitative estimate of drug-likeness (QED) is 0.939. The maximum Gasteiger partial charge on any atom is 0.335 e. The first-order valence-corrected chi connectivity index (χ1v) is 8.18. The van der Waals surface area contributed by atoms with Gasteiger partial charge in [-0.05, 0) is 42.0 Å². The Morgan fingerprint density at radius 3 is 2.21 bits per heavy atom. The summed E-state index contributed by atoms with van der Waals surface area (Å²) in [5, 5.41) is 9.07. The molecule has 0 unspecified atom stereocenters. The van der Waals surface area contributed by atoms with Crippen LogP contribution in [0, 0.1) is 0 Å². The molecule has 124 valence electrons. The lowest BCUT2D eigenvalue weighted by molar-refractivity contribution is 0.0676. The number of rotatable bonds is 3. The van der Waals surface area contributed by atoms with Crippen molar-refractivity contribution in [3.05, 3.63) is 71.3 Å². The fraction of sp³-hybridized carbons (Fsp3) is 0.300. The number of piperidine rings is 1. The van der Waals surface area contributed by atoms with Crippen molar-refractivity contribution in [2.45, 2.75) is 25.2 Å². The van der Waals surface area contributed by atoms with Gasteiger partial charge < -0.3 is 10.0 Å². The number of carbonyl (C=O) groups is 2. The SMILES string of the molecule is CC1(c2ccccc2)CCN(C(=O)c2cccc(C(=O)O)c2)CC1. The lowest BCUT2D eigenvalue weighted by Crippen LogP contribution is -2.43. The van der Waals surface area contributed by atoms with Gasteiger partial charge in [0.25, 0.3) is 5.91 Å². The number of aromatic carboxylic acids is 1. The molecule has 1 saturated heterocycles. The Morgan fingerprint density at radius 1 is 0.958 bits per heavy atom. The molecule has 1 N–H and O–H groups in total. The minimum absolute atomic E-state index is 0.0843. The number of nitrogens with zero attached hydrogens (tertiary/aromatic N) is 1. The number of benzene rings is 2. The molecule has 0 aliphatic carbocycles. The van der Waals surface area contributed by atoms with E-state index in [-0.39, 0.29) is 16.9 Å². The second kappa shape index (κ2) is 6.48. The maximum absolute atomic E-state index is 12.7. The smallest absolute Gasteiger partial charge is 0.335 e. The van der Waals surface area contributed by atoms with Crippen LogP contribution in [0.4, 0.5) is 0 Å².